The zero-order valence-corrected chi connectivity index (χ0v) is 10.2. The van der Waals surface area contributed by atoms with Crippen LogP contribution in [-0.4, -0.2) is 31.7 Å². The molecule has 2 N–H and O–H groups in total. The van der Waals surface area contributed by atoms with Gasteiger partial charge < -0.3 is 19.9 Å². The van der Waals surface area contributed by atoms with E-state index >= 15 is 0 Å². The minimum Gasteiger partial charge on any atom is -0.493 e. The minimum atomic E-state index is -0.996. The molecule has 0 aliphatic rings. The first-order valence-corrected chi connectivity index (χ1v) is 5.25. The lowest BCUT2D eigenvalue weighted by atomic mass is 10.0. The maximum atomic E-state index is 10.7. The highest BCUT2D eigenvalue weighted by Crippen LogP contribution is 2.30. The Bertz CT molecular complexity index is 432. The van der Waals surface area contributed by atoms with Crippen molar-refractivity contribution in [2.75, 3.05) is 14.2 Å². The first kappa shape index (κ1) is 13.8. The standard InChI is InChI=1S/C12H15NO5/c1-17-10-4-3-8(5-11(10)18-2)9(13-7-14)6-12(15)16/h3-5,7,9H,6H2,1-2H3,(H,13,14)(H,15,16). The van der Waals surface area contributed by atoms with Crippen molar-refractivity contribution >= 4 is 12.4 Å². The van der Waals surface area contributed by atoms with Gasteiger partial charge in [0.1, 0.15) is 0 Å². The van der Waals surface area contributed by atoms with Gasteiger partial charge >= 0.3 is 5.97 Å². The molecule has 0 saturated carbocycles. The molecule has 1 atom stereocenters. The van der Waals surface area contributed by atoms with Crippen molar-refractivity contribution < 1.29 is 24.2 Å². The molecule has 1 unspecified atom stereocenters. The second-order valence-electron chi connectivity index (χ2n) is 3.55. The van der Waals surface area contributed by atoms with Crippen LogP contribution in [0.1, 0.15) is 18.0 Å². The summed E-state index contributed by atoms with van der Waals surface area (Å²) in [6, 6.07) is 4.39. The van der Waals surface area contributed by atoms with Gasteiger partial charge in [-0.1, -0.05) is 6.07 Å². The molecule has 1 aromatic carbocycles. The summed E-state index contributed by atoms with van der Waals surface area (Å²) in [4.78, 5) is 21.2. The predicted molar refractivity (Wildman–Crippen MR) is 63.7 cm³/mol. The van der Waals surface area contributed by atoms with Crippen LogP contribution in [0.3, 0.4) is 0 Å². The molecule has 6 heteroatoms. The molecule has 0 aliphatic carbocycles. The molecule has 0 saturated heterocycles. The summed E-state index contributed by atoms with van der Waals surface area (Å²) in [7, 11) is 3.00. The molecular formula is C12H15NO5. The van der Waals surface area contributed by atoms with Gasteiger partial charge in [-0.25, -0.2) is 0 Å². The van der Waals surface area contributed by atoms with Gasteiger partial charge in [-0.15, -0.1) is 0 Å². The number of hydrogen-bond acceptors (Lipinski definition) is 4. The number of carboxylic acid groups (broad SMARTS) is 1. The highest BCUT2D eigenvalue weighted by molar-refractivity contribution is 5.68. The Morgan fingerprint density at radius 3 is 2.56 bits per heavy atom. The van der Waals surface area contributed by atoms with Gasteiger partial charge in [0.25, 0.3) is 0 Å². The fraction of sp³-hybridized carbons (Fsp3) is 0.333. The van der Waals surface area contributed by atoms with Gasteiger partial charge in [0.15, 0.2) is 11.5 Å². The van der Waals surface area contributed by atoms with Crippen molar-refractivity contribution in [2.24, 2.45) is 0 Å². The van der Waals surface area contributed by atoms with Crippen LogP contribution in [0, 0.1) is 0 Å². The van der Waals surface area contributed by atoms with Crippen molar-refractivity contribution in [1.82, 2.24) is 5.32 Å². The van der Waals surface area contributed by atoms with E-state index in [1.54, 1.807) is 18.2 Å². The van der Waals surface area contributed by atoms with Crippen LogP contribution in [-0.2, 0) is 9.59 Å². The van der Waals surface area contributed by atoms with Gasteiger partial charge in [-0.05, 0) is 17.7 Å². The third-order valence-electron chi connectivity index (χ3n) is 2.46. The van der Waals surface area contributed by atoms with Gasteiger partial charge in [0.05, 0.1) is 26.7 Å². The summed E-state index contributed by atoms with van der Waals surface area (Å²) in [6.07, 6.45) is 0.276. The maximum Gasteiger partial charge on any atom is 0.305 e. The summed E-state index contributed by atoms with van der Waals surface area (Å²) in [5.74, 6) is 0.0312. The number of benzene rings is 1. The second kappa shape index (κ2) is 6.48. The monoisotopic (exact) mass is 253 g/mol. The molecule has 0 radical (unpaired) electrons. The van der Waals surface area contributed by atoms with Crippen LogP contribution in [0.2, 0.25) is 0 Å². The summed E-state index contributed by atoms with van der Waals surface area (Å²) in [6.45, 7) is 0. The van der Waals surface area contributed by atoms with E-state index in [1.165, 1.54) is 14.2 Å². The number of ether oxygens (including phenoxy) is 2. The summed E-state index contributed by atoms with van der Waals surface area (Å²) in [5.41, 5.74) is 0.641. The number of carbonyl (C=O) groups excluding carboxylic acids is 1. The summed E-state index contributed by atoms with van der Waals surface area (Å²) < 4.78 is 10.2. The first-order chi connectivity index (χ1) is 8.62. The summed E-state index contributed by atoms with van der Waals surface area (Å²) in [5, 5.41) is 11.2. The van der Waals surface area contributed by atoms with Crippen LogP contribution >= 0.6 is 0 Å². The van der Waals surface area contributed by atoms with E-state index in [4.69, 9.17) is 14.6 Å². The van der Waals surface area contributed by atoms with Crippen LogP contribution < -0.4 is 14.8 Å². The van der Waals surface area contributed by atoms with E-state index in [1.807, 2.05) is 0 Å². The molecule has 0 bridgehead atoms. The Hall–Kier alpha value is -2.24. The van der Waals surface area contributed by atoms with Crippen LogP contribution in [0.15, 0.2) is 18.2 Å². The Labute approximate surface area is 105 Å². The molecule has 6 nitrogen and oxygen atoms in total. The Morgan fingerprint density at radius 2 is 2.06 bits per heavy atom. The van der Waals surface area contributed by atoms with Crippen LogP contribution in [0.4, 0.5) is 0 Å². The number of amides is 1. The van der Waals surface area contributed by atoms with Gasteiger partial charge in [-0.3, -0.25) is 9.59 Å². The SMILES string of the molecule is COc1ccc(C(CC(=O)O)NC=O)cc1OC. The molecule has 1 rings (SSSR count). The normalized spacial score (nSPS) is 11.4. The number of aliphatic carboxylic acids is 1. The maximum absolute atomic E-state index is 10.7. The van der Waals surface area contributed by atoms with Crippen LogP contribution in [0.25, 0.3) is 0 Å². The molecule has 98 valence electrons. The second-order valence-corrected chi connectivity index (χ2v) is 3.55. The number of carbonyl (C=O) groups is 2. The van der Waals surface area contributed by atoms with E-state index in [-0.39, 0.29) is 6.42 Å². The van der Waals surface area contributed by atoms with Crippen molar-refractivity contribution in [3.63, 3.8) is 0 Å². The van der Waals surface area contributed by atoms with Crippen molar-refractivity contribution in [3.8, 4) is 11.5 Å². The molecule has 0 fully saturated rings. The van der Waals surface area contributed by atoms with Gasteiger partial charge in [0, 0.05) is 0 Å². The fourth-order valence-corrected chi connectivity index (χ4v) is 1.60. The lowest BCUT2D eigenvalue weighted by Gasteiger charge is -2.16. The Morgan fingerprint density at radius 1 is 1.39 bits per heavy atom. The number of carboxylic acids is 1. The van der Waals surface area contributed by atoms with E-state index in [0.29, 0.717) is 23.5 Å². The molecule has 1 aromatic rings. The predicted octanol–water partition coefficient (Wildman–Crippen LogP) is 0.966. The van der Waals surface area contributed by atoms with E-state index < -0.39 is 12.0 Å². The quantitative estimate of drug-likeness (QED) is 0.707. The molecular weight excluding hydrogens is 238 g/mol. The largest absolute Gasteiger partial charge is 0.493 e. The lowest BCUT2D eigenvalue weighted by molar-refractivity contribution is -0.137. The first-order valence-electron chi connectivity index (χ1n) is 5.25. The highest BCUT2D eigenvalue weighted by atomic mass is 16.5. The van der Waals surface area contributed by atoms with Crippen LogP contribution in [0.5, 0.6) is 11.5 Å². The summed E-state index contributed by atoms with van der Waals surface area (Å²) >= 11 is 0. The minimum absolute atomic E-state index is 0.200. The van der Waals surface area contributed by atoms with E-state index in [0.717, 1.165) is 0 Å². The zero-order chi connectivity index (χ0) is 13.5. The Kier molecular flexibility index (Phi) is 4.98. The molecule has 1 amide bonds. The zero-order valence-electron chi connectivity index (χ0n) is 10.2. The number of methoxy groups -OCH3 is 2. The molecule has 0 aliphatic heterocycles. The molecule has 0 aromatic heterocycles. The number of rotatable bonds is 7. The average molecular weight is 253 g/mol. The van der Waals surface area contributed by atoms with Crippen molar-refractivity contribution in [2.45, 2.75) is 12.5 Å². The van der Waals surface area contributed by atoms with E-state index in [9.17, 15) is 9.59 Å². The average Bonchev–Trinajstić information content (AvgIpc) is 2.37. The molecule has 0 spiro atoms. The highest BCUT2D eigenvalue weighted by Gasteiger charge is 2.16. The lowest BCUT2D eigenvalue weighted by Crippen LogP contribution is -2.22. The topological polar surface area (TPSA) is 84.9 Å². The fourth-order valence-electron chi connectivity index (χ4n) is 1.60. The molecule has 0 heterocycles. The number of nitrogens with one attached hydrogen (secondary N) is 1. The number of hydrogen-bond donors (Lipinski definition) is 2. The third kappa shape index (κ3) is 3.38. The van der Waals surface area contributed by atoms with Gasteiger partial charge in [-0.2, -0.15) is 0 Å². The van der Waals surface area contributed by atoms with Crippen molar-refractivity contribution in [1.29, 1.82) is 0 Å². The van der Waals surface area contributed by atoms with E-state index in [2.05, 4.69) is 5.32 Å². The Balaban J connectivity index is 3.04. The van der Waals surface area contributed by atoms with Gasteiger partial charge in [0.2, 0.25) is 6.41 Å². The third-order valence-corrected chi connectivity index (χ3v) is 2.46. The molecule has 18 heavy (non-hydrogen) atoms. The van der Waals surface area contributed by atoms with Crippen molar-refractivity contribution in [3.05, 3.63) is 23.8 Å². The smallest absolute Gasteiger partial charge is 0.305 e.